The summed E-state index contributed by atoms with van der Waals surface area (Å²) in [4.78, 5) is 6.77. The van der Waals surface area contributed by atoms with E-state index in [-0.39, 0.29) is 4.33 Å². The SMILES string of the molecule is COC1=N[N+]2=C(C)C(C)=[N+]3NC(=NCCN(C)C)SC23S1. The van der Waals surface area contributed by atoms with Gasteiger partial charge in [-0.25, -0.2) is 0 Å². The molecular weight excluding hydrogens is 308 g/mol. The lowest BCUT2D eigenvalue weighted by atomic mass is 10.3. The quantitative estimate of drug-likeness (QED) is 0.760. The van der Waals surface area contributed by atoms with Gasteiger partial charge in [0.15, 0.2) is 0 Å². The second-order valence-corrected chi connectivity index (χ2v) is 7.78. The number of hydrazine groups is 1. The third-order valence-corrected chi connectivity index (χ3v) is 6.12. The van der Waals surface area contributed by atoms with E-state index in [1.165, 1.54) is 0 Å². The van der Waals surface area contributed by atoms with Crippen LogP contribution in [0.4, 0.5) is 0 Å². The number of hydrazone groups is 2. The van der Waals surface area contributed by atoms with Crippen molar-refractivity contribution < 1.29 is 14.1 Å². The van der Waals surface area contributed by atoms with Gasteiger partial charge in [-0.3, -0.25) is 4.99 Å². The molecule has 1 spiro atoms. The fourth-order valence-electron chi connectivity index (χ4n) is 2.29. The summed E-state index contributed by atoms with van der Waals surface area (Å²) >= 11 is 3.27. The lowest BCUT2D eigenvalue weighted by Gasteiger charge is -2.05. The van der Waals surface area contributed by atoms with Crippen molar-refractivity contribution in [3.8, 4) is 0 Å². The number of rotatable bonds is 3. The zero-order valence-electron chi connectivity index (χ0n) is 12.9. The first-order valence-corrected chi connectivity index (χ1v) is 8.35. The van der Waals surface area contributed by atoms with E-state index in [9.17, 15) is 0 Å². The van der Waals surface area contributed by atoms with Crippen molar-refractivity contribution in [1.82, 2.24) is 10.3 Å². The molecule has 9 heteroatoms. The van der Waals surface area contributed by atoms with Gasteiger partial charge in [-0.1, -0.05) is 0 Å². The first kappa shape index (κ1) is 14.9. The third kappa shape index (κ3) is 2.27. The minimum absolute atomic E-state index is 0.365. The predicted octanol–water partition coefficient (Wildman–Crippen LogP) is 0.391. The van der Waals surface area contributed by atoms with E-state index in [0.29, 0.717) is 5.23 Å². The van der Waals surface area contributed by atoms with Crippen LogP contribution < -0.4 is 5.43 Å². The topological polar surface area (TPSA) is 55.2 Å². The fraction of sp³-hybridized carbons (Fsp3) is 0.667. The Kier molecular flexibility index (Phi) is 3.74. The van der Waals surface area contributed by atoms with Gasteiger partial charge >= 0.3 is 9.56 Å². The molecule has 21 heavy (non-hydrogen) atoms. The normalized spacial score (nSPS) is 29.2. The second-order valence-electron chi connectivity index (χ2n) is 5.24. The van der Waals surface area contributed by atoms with E-state index in [1.807, 2.05) is 4.68 Å². The molecule has 0 amide bonds. The molecule has 3 aliphatic rings. The predicted molar refractivity (Wildman–Crippen MR) is 88.2 cm³/mol. The molecule has 1 unspecified atom stereocenters. The van der Waals surface area contributed by atoms with Crippen LogP contribution in [0.15, 0.2) is 10.1 Å². The van der Waals surface area contributed by atoms with Crippen molar-refractivity contribution in [2.75, 3.05) is 34.3 Å². The zero-order chi connectivity index (χ0) is 15.2. The summed E-state index contributed by atoms with van der Waals surface area (Å²) in [5, 5.41) is 6.14. The number of thioether (sulfide) groups is 2. The van der Waals surface area contributed by atoms with Gasteiger partial charge in [-0.2, -0.15) is 0 Å². The highest BCUT2D eigenvalue weighted by atomic mass is 32.2. The van der Waals surface area contributed by atoms with Crippen molar-refractivity contribution in [1.29, 1.82) is 0 Å². The first-order chi connectivity index (χ1) is 9.98. The summed E-state index contributed by atoms with van der Waals surface area (Å²) in [7, 11) is 5.76. The molecule has 114 valence electrons. The number of ether oxygens (including phenoxy) is 1. The fourth-order valence-corrected chi connectivity index (χ4v) is 4.96. The van der Waals surface area contributed by atoms with Gasteiger partial charge in [-0.15, -0.1) is 5.43 Å². The standard InChI is InChI=1S/C12H19N6OS2/c1-8-9(2)18-12(21-11(15-18)19-5)17(8)14-10(20-12)13-6-7-16(3)4/h6-7H2,1-5H3/q+1/p+1. The van der Waals surface area contributed by atoms with Gasteiger partial charge in [0.2, 0.25) is 5.17 Å². The van der Waals surface area contributed by atoms with Crippen molar-refractivity contribution in [2.24, 2.45) is 10.1 Å². The number of aliphatic imine (C=N–C) groups is 1. The average Bonchev–Trinajstić information content (AvgIpc) is 3.03. The summed E-state index contributed by atoms with van der Waals surface area (Å²) in [6.45, 7) is 5.87. The van der Waals surface area contributed by atoms with Crippen LogP contribution in [0.2, 0.25) is 0 Å². The number of hydrogen-bond donors (Lipinski definition) is 1. The summed E-state index contributed by atoms with van der Waals surface area (Å²) in [6.07, 6.45) is 0. The lowest BCUT2D eigenvalue weighted by Crippen LogP contribution is -2.39. The highest BCUT2D eigenvalue weighted by Gasteiger charge is 2.74. The molecule has 0 aromatic carbocycles. The molecule has 0 bridgehead atoms. The van der Waals surface area contributed by atoms with Gasteiger partial charge in [-0.05, 0) is 18.8 Å². The van der Waals surface area contributed by atoms with Gasteiger partial charge < -0.3 is 9.64 Å². The highest BCUT2D eigenvalue weighted by molar-refractivity contribution is 8.30. The molecule has 1 fully saturated rings. The van der Waals surface area contributed by atoms with E-state index in [4.69, 9.17) is 4.74 Å². The number of likely N-dealkylation sites (N-methyl/N-ethyl adjacent to an activating group) is 1. The molecular formula is C12H20N6OS2+2. The van der Waals surface area contributed by atoms with Crippen molar-refractivity contribution in [3.63, 3.8) is 0 Å². The maximum Gasteiger partial charge on any atom is 0.522 e. The van der Waals surface area contributed by atoms with Crippen LogP contribution in [0.5, 0.6) is 0 Å². The minimum atomic E-state index is -0.365. The summed E-state index contributed by atoms with van der Waals surface area (Å²) in [5.74, 6) is 0. The number of hydrogen-bond acceptors (Lipinski definition) is 6. The minimum Gasteiger partial charge on any atom is -0.472 e. The Balaban J connectivity index is 1.86. The molecule has 0 aliphatic carbocycles. The van der Waals surface area contributed by atoms with E-state index in [2.05, 4.69) is 53.0 Å². The van der Waals surface area contributed by atoms with E-state index in [1.54, 1.807) is 30.6 Å². The molecule has 0 saturated carbocycles. The lowest BCUT2D eigenvalue weighted by molar-refractivity contribution is -0.766. The Bertz CT molecular complexity index is 609. The van der Waals surface area contributed by atoms with E-state index >= 15 is 0 Å². The van der Waals surface area contributed by atoms with E-state index < -0.39 is 0 Å². The summed E-state index contributed by atoms with van der Waals surface area (Å²) < 4.78 is 9.09. The number of methoxy groups -OCH3 is 1. The van der Waals surface area contributed by atoms with Crippen molar-refractivity contribution in [2.45, 2.75) is 18.2 Å². The Morgan fingerprint density at radius 1 is 1.33 bits per heavy atom. The molecule has 3 rings (SSSR count). The average molecular weight is 328 g/mol. The van der Waals surface area contributed by atoms with Crippen LogP contribution in [0, 0.1) is 0 Å². The smallest absolute Gasteiger partial charge is 0.472 e. The first-order valence-electron chi connectivity index (χ1n) is 6.72. The second kappa shape index (κ2) is 5.29. The Labute approximate surface area is 132 Å². The van der Waals surface area contributed by atoms with Crippen LogP contribution in [0.25, 0.3) is 0 Å². The maximum atomic E-state index is 5.32. The van der Waals surface area contributed by atoms with Crippen LogP contribution in [-0.2, 0) is 4.74 Å². The van der Waals surface area contributed by atoms with Gasteiger partial charge in [0.25, 0.3) is 11.4 Å². The van der Waals surface area contributed by atoms with Crippen molar-refractivity contribution in [3.05, 3.63) is 0 Å². The monoisotopic (exact) mass is 328 g/mol. The number of amidine groups is 1. The molecule has 0 aromatic rings. The van der Waals surface area contributed by atoms with Crippen LogP contribution in [-0.4, -0.2) is 74.7 Å². The summed E-state index contributed by atoms with van der Waals surface area (Å²) in [5.41, 5.74) is 5.68. The molecule has 0 radical (unpaired) electrons. The highest BCUT2D eigenvalue weighted by Crippen LogP contribution is 2.49. The van der Waals surface area contributed by atoms with Crippen LogP contribution in [0.3, 0.4) is 0 Å². The molecule has 0 aromatic heterocycles. The third-order valence-electron chi connectivity index (χ3n) is 3.54. The molecule has 3 heterocycles. The zero-order valence-corrected chi connectivity index (χ0v) is 14.5. The number of nitrogens with zero attached hydrogens (tertiary/aromatic N) is 5. The van der Waals surface area contributed by atoms with Crippen LogP contribution >= 0.6 is 23.5 Å². The van der Waals surface area contributed by atoms with Gasteiger partial charge in [0.05, 0.1) is 30.5 Å². The number of nitrogens with one attached hydrogen (secondary N) is 1. The molecule has 1 N–H and O–H groups in total. The Morgan fingerprint density at radius 2 is 2.10 bits per heavy atom. The molecule has 1 atom stereocenters. The van der Waals surface area contributed by atoms with E-state index in [0.717, 1.165) is 29.7 Å². The largest absolute Gasteiger partial charge is 0.522 e. The molecule has 3 aliphatic heterocycles. The Morgan fingerprint density at radius 3 is 2.76 bits per heavy atom. The van der Waals surface area contributed by atoms with Gasteiger partial charge in [0, 0.05) is 25.1 Å². The van der Waals surface area contributed by atoms with Crippen molar-refractivity contribution >= 4 is 45.3 Å². The van der Waals surface area contributed by atoms with Gasteiger partial charge in [0.1, 0.15) is 11.8 Å². The maximum absolute atomic E-state index is 5.32. The molecule has 7 nitrogen and oxygen atoms in total. The summed E-state index contributed by atoms with van der Waals surface area (Å²) in [6, 6.07) is 0. The molecule has 1 saturated heterocycles. The Hall–Kier alpha value is -1.06. The van der Waals surface area contributed by atoms with Crippen LogP contribution in [0.1, 0.15) is 13.8 Å².